The Balaban J connectivity index is 1.74. The van der Waals surface area contributed by atoms with E-state index in [9.17, 15) is 9.59 Å². The molecule has 0 aliphatic carbocycles. The number of carbonyl (C=O) groups excluding carboxylic acids is 2. The Bertz CT molecular complexity index is 922. The second-order valence-electron chi connectivity index (χ2n) is 6.71. The molecular formula is C23H26N2O5. The normalized spacial score (nSPS) is 12.4. The summed E-state index contributed by atoms with van der Waals surface area (Å²) < 4.78 is 16.3. The van der Waals surface area contributed by atoms with Gasteiger partial charge in [-0.2, -0.15) is 0 Å². The summed E-state index contributed by atoms with van der Waals surface area (Å²) in [5.41, 5.74) is 1.28. The van der Waals surface area contributed by atoms with E-state index in [0.29, 0.717) is 41.5 Å². The summed E-state index contributed by atoms with van der Waals surface area (Å²) in [7, 11) is 0. The van der Waals surface area contributed by atoms with Crippen molar-refractivity contribution in [3.05, 3.63) is 59.3 Å². The van der Waals surface area contributed by atoms with Gasteiger partial charge in [-0.25, -0.2) is 0 Å². The molecule has 158 valence electrons. The van der Waals surface area contributed by atoms with E-state index in [0.717, 1.165) is 12.8 Å². The average molecular weight is 410 g/mol. The Morgan fingerprint density at radius 2 is 1.83 bits per heavy atom. The molecule has 0 spiro atoms. The zero-order valence-electron chi connectivity index (χ0n) is 17.2. The maximum absolute atomic E-state index is 12.7. The lowest BCUT2D eigenvalue weighted by Crippen LogP contribution is -2.34. The first-order chi connectivity index (χ1) is 14.6. The molecule has 1 heterocycles. The molecule has 0 bridgehead atoms. The minimum atomic E-state index is -0.381. The summed E-state index contributed by atoms with van der Waals surface area (Å²) >= 11 is 0. The Kier molecular flexibility index (Phi) is 7.32. The van der Waals surface area contributed by atoms with E-state index >= 15 is 0 Å². The van der Waals surface area contributed by atoms with Gasteiger partial charge in [0.15, 0.2) is 11.5 Å². The van der Waals surface area contributed by atoms with Crippen LogP contribution in [0, 0.1) is 0 Å². The minimum Gasteiger partial charge on any atom is -0.494 e. The van der Waals surface area contributed by atoms with Crippen molar-refractivity contribution in [3.8, 4) is 17.2 Å². The first-order valence-electron chi connectivity index (χ1n) is 10.0. The first-order valence-corrected chi connectivity index (χ1v) is 10.0. The van der Waals surface area contributed by atoms with Crippen LogP contribution in [0.4, 0.5) is 0 Å². The van der Waals surface area contributed by atoms with E-state index in [1.807, 2.05) is 6.92 Å². The summed E-state index contributed by atoms with van der Waals surface area (Å²) in [6, 6.07) is 12.2. The van der Waals surface area contributed by atoms with Crippen molar-refractivity contribution in [2.24, 2.45) is 0 Å². The molecule has 2 aromatic rings. The topological polar surface area (TPSA) is 85.9 Å². The summed E-state index contributed by atoms with van der Waals surface area (Å²) in [6.07, 6.45) is 3.63. The second-order valence-corrected chi connectivity index (χ2v) is 6.71. The van der Waals surface area contributed by atoms with Crippen LogP contribution in [0.5, 0.6) is 17.2 Å². The Labute approximate surface area is 176 Å². The SMILES string of the molecule is CCCCOc1ccc(C(=O)NC(=Cc2ccc3c(c2)OCO3)C(=O)NCC)cc1. The van der Waals surface area contributed by atoms with Gasteiger partial charge in [0, 0.05) is 12.1 Å². The highest BCUT2D eigenvalue weighted by atomic mass is 16.7. The molecule has 2 N–H and O–H groups in total. The molecular weight excluding hydrogens is 384 g/mol. The third kappa shape index (κ3) is 5.53. The molecule has 1 aliphatic heterocycles. The van der Waals surface area contributed by atoms with Crippen LogP contribution in [0.25, 0.3) is 6.08 Å². The number of ether oxygens (including phenoxy) is 3. The molecule has 0 saturated carbocycles. The number of carbonyl (C=O) groups is 2. The van der Waals surface area contributed by atoms with Gasteiger partial charge in [-0.15, -0.1) is 0 Å². The lowest BCUT2D eigenvalue weighted by Gasteiger charge is -2.11. The van der Waals surface area contributed by atoms with Crippen LogP contribution in [0.15, 0.2) is 48.2 Å². The highest BCUT2D eigenvalue weighted by Crippen LogP contribution is 2.33. The molecule has 30 heavy (non-hydrogen) atoms. The third-order valence-electron chi connectivity index (χ3n) is 4.42. The molecule has 0 aromatic heterocycles. The molecule has 7 heteroatoms. The molecule has 0 atom stereocenters. The number of benzene rings is 2. The van der Waals surface area contributed by atoms with Crippen LogP contribution in [-0.2, 0) is 4.79 Å². The number of nitrogens with one attached hydrogen (secondary N) is 2. The Morgan fingerprint density at radius 3 is 2.57 bits per heavy atom. The molecule has 7 nitrogen and oxygen atoms in total. The van der Waals surface area contributed by atoms with Crippen LogP contribution in [-0.4, -0.2) is 31.8 Å². The average Bonchev–Trinajstić information content (AvgIpc) is 3.22. The smallest absolute Gasteiger partial charge is 0.267 e. The van der Waals surface area contributed by atoms with Crippen molar-refractivity contribution in [1.29, 1.82) is 0 Å². The number of likely N-dealkylation sites (N-methyl/N-ethyl adjacent to an activating group) is 1. The summed E-state index contributed by atoms with van der Waals surface area (Å²) in [5, 5.41) is 5.42. The minimum absolute atomic E-state index is 0.143. The fraction of sp³-hybridized carbons (Fsp3) is 0.304. The maximum atomic E-state index is 12.7. The third-order valence-corrected chi connectivity index (χ3v) is 4.42. The summed E-state index contributed by atoms with van der Waals surface area (Å²) in [5.74, 6) is 1.21. The molecule has 0 radical (unpaired) electrons. The second kappa shape index (κ2) is 10.3. The van der Waals surface area contributed by atoms with Crippen LogP contribution in [0.3, 0.4) is 0 Å². The largest absolute Gasteiger partial charge is 0.494 e. The number of hydrogen-bond donors (Lipinski definition) is 2. The quantitative estimate of drug-likeness (QED) is 0.488. The van der Waals surface area contributed by atoms with Gasteiger partial charge in [0.05, 0.1) is 6.61 Å². The summed E-state index contributed by atoms with van der Waals surface area (Å²) in [4.78, 5) is 25.2. The number of fused-ring (bicyclic) bond motifs is 1. The van der Waals surface area contributed by atoms with Gasteiger partial charge in [-0.1, -0.05) is 19.4 Å². The monoisotopic (exact) mass is 410 g/mol. The molecule has 0 unspecified atom stereocenters. The molecule has 0 fully saturated rings. The lowest BCUT2D eigenvalue weighted by molar-refractivity contribution is -0.117. The van der Waals surface area contributed by atoms with Crippen LogP contribution in [0.1, 0.15) is 42.6 Å². The number of amides is 2. The van der Waals surface area contributed by atoms with Gasteiger partial charge < -0.3 is 24.8 Å². The summed E-state index contributed by atoms with van der Waals surface area (Å²) in [6.45, 7) is 5.16. The van der Waals surface area contributed by atoms with E-state index < -0.39 is 0 Å². The van der Waals surface area contributed by atoms with Gasteiger partial charge in [-0.05, 0) is 61.4 Å². The van der Waals surface area contributed by atoms with Crippen LogP contribution < -0.4 is 24.8 Å². The van der Waals surface area contributed by atoms with Gasteiger partial charge in [0.2, 0.25) is 6.79 Å². The highest BCUT2D eigenvalue weighted by Gasteiger charge is 2.16. The zero-order valence-corrected chi connectivity index (χ0v) is 17.2. The lowest BCUT2D eigenvalue weighted by atomic mass is 10.1. The number of unbranched alkanes of at least 4 members (excludes halogenated alkanes) is 1. The fourth-order valence-corrected chi connectivity index (χ4v) is 2.82. The van der Waals surface area contributed by atoms with Crippen molar-refractivity contribution in [3.63, 3.8) is 0 Å². The van der Waals surface area contributed by atoms with Gasteiger partial charge in [-0.3, -0.25) is 9.59 Å². The van der Waals surface area contributed by atoms with Crippen molar-refractivity contribution in [2.45, 2.75) is 26.7 Å². The van der Waals surface area contributed by atoms with Crippen LogP contribution >= 0.6 is 0 Å². The van der Waals surface area contributed by atoms with Gasteiger partial charge in [0.1, 0.15) is 11.4 Å². The van der Waals surface area contributed by atoms with Crippen molar-refractivity contribution in [1.82, 2.24) is 10.6 Å². The van der Waals surface area contributed by atoms with Crippen molar-refractivity contribution >= 4 is 17.9 Å². The predicted molar refractivity (Wildman–Crippen MR) is 114 cm³/mol. The van der Waals surface area contributed by atoms with Gasteiger partial charge in [0.25, 0.3) is 11.8 Å². The maximum Gasteiger partial charge on any atom is 0.267 e. The predicted octanol–water partition coefficient (Wildman–Crippen LogP) is 3.50. The molecule has 2 amide bonds. The van der Waals surface area contributed by atoms with E-state index in [-0.39, 0.29) is 24.3 Å². The van der Waals surface area contributed by atoms with Crippen molar-refractivity contribution in [2.75, 3.05) is 19.9 Å². The Morgan fingerprint density at radius 1 is 1.07 bits per heavy atom. The van der Waals surface area contributed by atoms with E-state index in [4.69, 9.17) is 14.2 Å². The Hall–Kier alpha value is -3.48. The van der Waals surface area contributed by atoms with Crippen LogP contribution in [0.2, 0.25) is 0 Å². The van der Waals surface area contributed by atoms with E-state index in [1.165, 1.54) is 0 Å². The zero-order chi connectivity index (χ0) is 21.3. The molecule has 2 aromatic carbocycles. The van der Waals surface area contributed by atoms with Gasteiger partial charge >= 0.3 is 0 Å². The molecule has 0 saturated heterocycles. The first kappa shape index (κ1) is 21.2. The number of hydrogen-bond acceptors (Lipinski definition) is 5. The number of rotatable bonds is 9. The molecule has 1 aliphatic rings. The van der Waals surface area contributed by atoms with Crippen molar-refractivity contribution < 1.29 is 23.8 Å². The highest BCUT2D eigenvalue weighted by molar-refractivity contribution is 6.05. The van der Waals surface area contributed by atoms with E-state index in [1.54, 1.807) is 48.5 Å². The fourth-order valence-electron chi connectivity index (χ4n) is 2.82. The molecule has 3 rings (SSSR count). The standard InChI is InChI=1S/C23H26N2O5/c1-3-5-12-28-18-9-7-17(8-10-18)22(26)25-19(23(27)24-4-2)13-16-6-11-20-21(14-16)30-15-29-20/h6-11,13-14H,3-5,12,15H2,1-2H3,(H,24,27)(H,25,26). The van der Waals surface area contributed by atoms with E-state index in [2.05, 4.69) is 17.6 Å².